The van der Waals surface area contributed by atoms with Crippen molar-refractivity contribution >= 4 is 24.2 Å². The van der Waals surface area contributed by atoms with E-state index >= 15 is 0 Å². The Kier molecular flexibility index (Phi) is 6.73. The number of nitrogens with zero attached hydrogens (tertiary/aromatic N) is 1. The quantitative estimate of drug-likeness (QED) is 0.435. The van der Waals surface area contributed by atoms with Crippen LogP contribution < -0.4 is 14.9 Å². The molecule has 0 unspecified atom stereocenters. The van der Waals surface area contributed by atoms with Crippen molar-refractivity contribution in [1.82, 2.24) is 5.43 Å². The Morgan fingerprint density at radius 3 is 2.68 bits per heavy atom. The van der Waals surface area contributed by atoms with Crippen LogP contribution in [0.1, 0.15) is 24.0 Å². The van der Waals surface area contributed by atoms with Crippen LogP contribution in [0.2, 0.25) is 0 Å². The van der Waals surface area contributed by atoms with E-state index in [4.69, 9.17) is 9.47 Å². The number of ether oxygens (including phenoxy) is 2. The van der Waals surface area contributed by atoms with Crippen molar-refractivity contribution in [3.05, 3.63) is 77.9 Å². The summed E-state index contributed by atoms with van der Waals surface area (Å²) in [7, 11) is 0. The average Bonchev–Trinajstić information content (AvgIpc) is 2.75. The molecule has 1 N–H and O–H groups in total. The molecule has 6 nitrogen and oxygen atoms in total. The van der Waals surface area contributed by atoms with Gasteiger partial charge in [-0.1, -0.05) is 42.5 Å². The molecule has 0 atom stereocenters. The van der Waals surface area contributed by atoms with Gasteiger partial charge in [0, 0.05) is 5.56 Å². The van der Waals surface area contributed by atoms with Gasteiger partial charge in [0.15, 0.2) is 6.61 Å². The Hall–Kier alpha value is -3.67. The maximum atomic E-state index is 11.9. The van der Waals surface area contributed by atoms with E-state index in [1.807, 2.05) is 24.3 Å². The number of amides is 1. The molecule has 0 bridgehead atoms. The van der Waals surface area contributed by atoms with Crippen molar-refractivity contribution in [1.29, 1.82) is 0 Å². The zero-order chi connectivity index (χ0) is 19.6. The van der Waals surface area contributed by atoms with Gasteiger partial charge in [-0.2, -0.15) is 5.10 Å². The fourth-order valence-electron chi connectivity index (χ4n) is 2.67. The third-order valence-electron chi connectivity index (χ3n) is 4.04. The maximum absolute atomic E-state index is 11.9. The Morgan fingerprint density at radius 2 is 1.93 bits per heavy atom. The average molecular weight is 376 g/mol. The summed E-state index contributed by atoms with van der Waals surface area (Å²) in [5.41, 5.74) is 5.26. The first-order chi connectivity index (χ1) is 13.8. The number of carbonyl (C=O) groups is 2. The molecule has 3 rings (SSSR count). The lowest BCUT2D eigenvalue weighted by molar-refractivity contribution is -0.123. The van der Waals surface area contributed by atoms with Crippen LogP contribution in [0.3, 0.4) is 0 Å². The highest BCUT2D eigenvalue weighted by Crippen LogP contribution is 2.23. The zero-order valence-electron chi connectivity index (χ0n) is 15.2. The number of nitrogens with one attached hydrogen (secondary N) is 1. The summed E-state index contributed by atoms with van der Waals surface area (Å²) in [5, 5.41) is 3.86. The number of hydrogen-bond acceptors (Lipinski definition) is 5. The summed E-state index contributed by atoms with van der Waals surface area (Å²) in [5.74, 6) is 0.565. The summed E-state index contributed by atoms with van der Waals surface area (Å²) in [6.45, 7) is 0.178. The van der Waals surface area contributed by atoms with Crippen LogP contribution in [0.5, 0.6) is 11.5 Å². The van der Waals surface area contributed by atoms with Crippen LogP contribution in [0.25, 0.3) is 5.57 Å². The van der Waals surface area contributed by atoms with E-state index < -0.39 is 5.91 Å². The summed E-state index contributed by atoms with van der Waals surface area (Å²) in [6.07, 6.45) is 10.0. The SMILES string of the molecule is O=COc1ccccc1/C=N/NC(=O)COc1ccc(C2=CCCC=C2)cc1. The Morgan fingerprint density at radius 1 is 1.11 bits per heavy atom. The molecule has 1 aliphatic carbocycles. The standard InChI is InChI=1S/C22H20N2O4/c25-16-28-21-9-5-4-8-19(21)14-23-24-22(26)15-27-20-12-10-18(11-13-20)17-6-2-1-3-7-17/h2,4-14,16H,1,3,15H2,(H,24,26)/b23-14+. The minimum Gasteiger partial charge on any atom is -0.484 e. The van der Waals surface area contributed by atoms with Gasteiger partial charge in [-0.15, -0.1) is 0 Å². The van der Waals surface area contributed by atoms with Crippen molar-refractivity contribution in [2.24, 2.45) is 5.10 Å². The number of benzene rings is 2. The van der Waals surface area contributed by atoms with E-state index in [0.29, 0.717) is 23.5 Å². The van der Waals surface area contributed by atoms with Crippen LogP contribution in [0.15, 0.2) is 71.9 Å². The highest BCUT2D eigenvalue weighted by atomic mass is 16.5. The van der Waals surface area contributed by atoms with Gasteiger partial charge >= 0.3 is 0 Å². The van der Waals surface area contributed by atoms with Gasteiger partial charge in [-0.05, 0) is 48.2 Å². The van der Waals surface area contributed by atoms with Crippen LogP contribution >= 0.6 is 0 Å². The second-order valence-corrected chi connectivity index (χ2v) is 6.00. The van der Waals surface area contributed by atoms with E-state index in [1.165, 1.54) is 11.8 Å². The number of hydrogen-bond donors (Lipinski definition) is 1. The lowest BCUT2D eigenvalue weighted by atomic mass is 10.00. The lowest BCUT2D eigenvalue weighted by Gasteiger charge is -2.09. The smallest absolute Gasteiger partial charge is 0.298 e. The third kappa shape index (κ3) is 5.41. The predicted octanol–water partition coefficient (Wildman–Crippen LogP) is 3.48. The molecule has 0 spiro atoms. The molecule has 1 amide bonds. The fourth-order valence-corrected chi connectivity index (χ4v) is 2.67. The van der Waals surface area contributed by atoms with Gasteiger partial charge in [-0.25, -0.2) is 5.43 Å². The summed E-state index contributed by atoms with van der Waals surface area (Å²) in [4.78, 5) is 22.4. The Labute approximate surface area is 163 Å². The largest absolute Gasteiger partial charge is 0.484 e. The van der Waals surface area contributed by atoms with E-state index in [-0.39, 0.29) is 6.61 Å². The minimum atomic E-state index is -0.396. The molecule has 0 aromatic heterocycles. The first kappa shape index (κ1) is 19.1. The predicted molar refractivity (Wildman–Crippen MR) is 107 cm³/mol. The monoisotopic (exact) mass is 376 g/mol. The number of carbonyl (C=O) groups excluding carboxylic acids is 2. The second kappa shape index (κ2) is 9.87. The Balaban J connectivity index is 1.48. The van der Waals surface area contributed by atoms with Crippen LogP contribution in [0, 0.1) is 0 Å². The number of para-hydroxylation sites is 1. The molecular weight excluding hydrogens is 356 g/mol. The van der Waals surface area contributed by atoms with E-state index in [2.05, 4.69) is 28.8 Å². The maximum Gasteiger partial charge on any atom is 0.298 e. The Bertz CT molecular complexity index is 914. The van der Waals surface area contributed by atoms with Gasteiger partial charge in [0.05, 0.1) is 6.21 Å². The van der Waals surface area contributed by atoms with Crippen LogP contribution in [-0.4, -0.2) is 25.2 Å². The molecule has 142 valence electrons. The summed E-state index contributed by atoms with van der Waals surface area (Å²) < 4.78 is 10.3. The molecule has 0 saturated heterocycles. The van der Waals surface area contributed by atoms with Crippen LogP contribution in [-0.2, 0) is 9.59 Å². The van der Waals surface area contributed by atoms with E-state index in [9.17, 15) is 9.59 Å². The second-order valence-electron chi connectivity index (χ2n) is 6.00. The van der Waals surface area contributed by atoms with Gasteiger partial charge < -0.3 is 9.47 Å². The van der Waals surface area contributed by atoms with Gasteiger partial charge in [0.2, 0.25) is 0 Å². The number of allylic oxidation sites excluding steroid dienone is 4. The first-order valence-electron chi connectivity index (χ1n) is 8.87. The van der Waals surface area contributed by atoms with Gasteiger partial charge in [0.25, 0.3) is 12.4 Å². The normalized spacial score (nSPS) is 13.1. The molecule has 0 aliphatic heterocycles. The fraction of sp³-hybridized carbons (Fsp3) is 0.136. The molecule has 28 heavy (non-hydrogen) atoms. The van der Waals surface area contributed by atoms with Gasteiger partial charge in [0.1, 0.15) is 11.5 Å². The summed E-state index contributed by atoms with van der Waals surface area (Å²) >= 11 is 0. The molecule has 2 aromatic carbocycles. The topological polar surface area (TPSA) is 77.0 Å². The van der Waals surface area contributed by atoms with Crippen molar-refractivity contribution in [3.8, 4) is 11.5 Å². The third-order valence-corrected chi connectivity index (χ3v) is 4.04. The molecule has 0 heterocycles. The molecule has 2 aromatic rings. The van der Waals surface area contributed by atoms with E-state index in [0.717, 1.165) is 18.4 Å². The molecule has 0 saturated carbocycles. The van der Waals surface area contributed by atoms with E-state index in [1.54, 1.807) is 24.3 Å². The number of rotatable bonds is 8. The zero-order valence-corrected chi connectivity index (χ0v) is 15.2. The highest BCUT2D eigenvalue weighted by Gasteiger charge is 2.05. The summed E-state index contributed by atoms with van der Waals surface area (Å²) in [6, 6.07) is 14.5. The molecule has 6 heteroatoms. The minimum absolute atomic E-state index is 0.161. The molecular formula is C22H20N2O4. The lowest BCUT2D eigenvalue weighted by Crippen LogP contribution is -2.24. The molecule has 0 radical (unpaired) electrons. The highest BCUT2D eigenvalue weighted by molar-refractivity contribution is 5.86. The molecule has 0 fully saturated rings. The van der Waals surface area contributed by atoms with Crippen molar-refractivity contribution in [2.75, 3.05) is 6.61 Å². The van der Waals surface area contributed by atoms with Crippen molar-refractivity contribution in [2.45, 2.75) is 12.8 Å². The molecule has 1 aliphatic rings. The van der Waals surface area contributed by atoms with Crippen molar-refractivity contribution < 1.29 is 19.1 Å². The van der Waals surface area contributed by atoms with Gasteiger partial charge in [-0.3, -0.25) is 9.59 Å². The first-order valence-corrected chi connectivity index (χ1v) is 8.87. The van der Waals surface area contributed by atoms with Crippen molar-refractivity contribution in [3.63, 3.8) is 0 Å². The van der Waals surface area contributed by atoms with Crippen LogP contribution in [0.4, 0.5) is 0 Å². The number of hydrazone groups is 1.